The molecule has 1 saturated heterocycles. The van der Waals surface area contributed by atoms with E-state index in [-0.39, 0.29) is 55.9 Å². The van der Waals surface area contributed by atoms with Crippen LogP contribution in [0.4, 0.5) is 0 Å². The minimum absolute atomic E-state index is 0. The van der Waals surface area contributed by atoms with Gasteiger partial charge in [-0.1, -0.05) is 68.1 Å². The zero-order valence-corrected chi connectivity index (χ0v) is 51.4. The molecule has 3 heterocycles. The Labute approximate surface area is 499 Å². The summed E-state index contributed by atoms with van der Waals surface area (Å²) in [7, 11) is 2.35. The molecule has 2 amide bonds. The van der Waals surface area contributed by atoms with Gasteiger partial charge in [0.05, 0.1) is 55.1 Å². The van der Waals surface area contributed by atoms with Crippen molar-refractivity contribution >= 4 is 42.4 Å². The van der Waals surface area contributed by atoms with Crippen molar-refractivity contribution in [3.05, 3.63) is 208 Å². The van der Waals surface area contributed by atoms with Gasteiger partial charge in [0.1, 0.15) is 0 Å². The SMILES string of the molecule is C.COC(=O)/C=C/c1ccc(C#N)cc1C.COC(=O)CC(c1ccc2c(c1)CN(C(=O)c1c(C)c(C)cc(C)c1C)CC2)c1ccc(C#N)cc1C.Cc1cc(C)c(C)c(C(=O)N2CCc3ccc(B4OC(C)(C)C(C)(C)O4)cc3C2)c1C. The number of rotatable bonds is 9. The smallest absolute Gasteiger partial charge is 0.469 e. The standard InChI is InChI=1S/C32H34N2O3.C26H34BNO3.C12H11NO2.CH4/c1-19-13-20(2)23(5)31(22(19)4)32(36)34-12-11-25-8-9-26(15-27(25)18-34)29(16-30(35)37-6)28-10-7-24(17-33)14-21(28)3;1-16-13-17(2)19(4)23(18(16)3)24(29)28-12-11-20-9-10-22(14-21(20)15-28)27-30-25(5,6)26(7,8)31-27;1-9-7-10(8-13)3-4-11(9)5-6-12(14)15-2;/h7-10,13-15,29H,11-12,16,18H2,1-6H3;9-10,13-14H,11-12,15H2,1-8H3;3-7H,1-2H3;1H4/b;;6-5+;. The fraction of sp³-hybridized carbons (Fsp3) is 0.380. The van der Waals surface area contributed by atoms with E-state index in [0.717, 1.165) is 103 Å². The number of ether oxygens (including phenoxy) is 2. The first-order chi connectivity index (χ1) is 39.2. The fourth-order valence-electron chi connectivity index (χ4n) is 11.2. The molecule has 1 unspecified atom stereocenters. The van der Waals surface area contributed by atoms with Gasteiger partial charge < -0.3 is 28.6 Å². The van der Waals surface area contributed by atoms with Gasteiger partial charge in [0.25, 0.3) is 11.8 Å². The highest BCUT2D eigenvalue weighted by molar-refractivity contribution is 6.62. The first-order valence-corrected chi connectivity index (χ1v) is 28.4. The number of aryl methyl sites for hydroxylation is 6. The Bertz CT molecular complexity index is 3570. The molecule has 0 bridgehead atoms. The molecule has 9 rings (SSSR count). The van der Waals surface area contributed by atoms with Crippen LogP contribution < -0.4 is 5.46 Å². The Morgan fingerprint density at radius 1 is 0.583 bits per heavy atom. The maximum Gasteiger partial charge on any atom is 0.494 e. The molecule has 0 N–H and O–H groups in total. The molecule has 3 aliphatic rings. The highest BCUT2D eigenvalue weighted by Crippen LogP contribution is 2.38. The molecule has 1 atom stereocenters. The second-order valence-electron chi connectivity index (χ2n) is 23.4. The van der Waals surface area contributed by atoms with E-state index in [0.29, 0.717) is 30.8 Å². The average molecular weight is 1130 g/mol. The Balaban J connectivity index is 0.000000217. The van der Waals surface area contributed by atoms with Crippen LogP contribution in [0.2, 0.25) is 0 Å². The number of hydrogen-bond donors (Lipinski definition) is 0. The monoisotopic (exact) mass is 1130 g/mol. The summed E-state index contributed by atoms with van der Waals surface area (Å²) in [5.74, 6) is -0.677. The van der Waals surface area contributed by atoms with Gasteiger partial charge in [-0.3, -0.25) is 14.4 Å². The third-order valence-electron chi connectivity index (χ3n) is 17.5. The maximum atomic E-state index is 13.7. The van der Waals surface area contributed by atoms with Gasteiger partial charge in [0, 0.05) is 49.3 Å². The lowest BCUT2D eigenvalue weighted by molar-refractivity contribution is -0.141. The Morgan fingerprint density at radius 3 is 1.50 bits per heavy atom. The van der Waals surface area contributed by atoms with Crippen LogP contribution in [0.1, 0.15) is 174 Å². The van der Waals surface area contributed by atoms with Gasteiger partial charge >= 0.3 is 19.1 Å². The van der Waals surface area contributed by atoms with Crippen molar-refractivity contribution in [1.82, 2.24) is 9.80 Å². The van der Waals surface area contributed by atoms with Crippen molar-refractivity contribution in [3.8, 4) is 12.1 Å². The minimum Gasteiger partial charge on any atom is -0.469 e. The van der Waals surface area contributed by atoms with E-state index in [9.17, 15) is 24.4 Å². The number of nitrogens with zero attached hydrogens (tertiary/aromatic N) is 4. The van der Waals surface area contributed by atoms with Crippen LogP contribution in [0.15, 0.2) is 91.0 Å². The zero-order valence-electron chi connectivity index (χ0n) is 51.4. The molecule has 84 heavy (non-hydrogen) atoms. The number of nitriles is 2. The number of carbonyl (C=O) groups is 4. The van der Waals surface area contributed by atoms with E-state index in [4.69, 9.17) is 19.3 Å². The molecule has 12 nitrogen and oxygen atoms in total. The normalized spacial score (nSPS) is 14.9. The molecule has 6 aromatic rings. The number of carbonyl (C=O) groups excluding carboxylic acids is 4. The lowest BCUT2D eigenvalue weighted by atomic mass is 9.77. The van der Waals surface area contributed by atoms with E-state index in [1.807, 2.05) is 49.6 Å². The van der Waals surface area contributed by atoms with Crippen molar-refractivity contribution in [2.24, 2.45) is 0 Å². The summed E-state index contributed by atoms with van der Waals surface area (Å²) in [6, 6.07) is 32.2. The molecule has 13 heteroatoms. The van der Waals surface area contributed by atoms with E-state index in [2.05, 4.69) is 135 Å². The summed E-state index contributed by atoms with van der Waals surface area (Å²) in [5, 5.41) is 18.0. The van der Waals surface area contributed by atoms with Crippen LogP contribution in [-0.2, 0) is 54.3 Å². The first-order valence-electron chi connectivity index (χ1n) is 28.4. The van der Waals surface area contributed by atoms with Crippen molar-refractivity contribution in [2.45, 2.75) is 154 Å². The molecule has 3 aliphatic heterocycles. The van der Waals surface area contributed by atoms with Crippen LogP contribution in [0, 0.1) is 91.9 Å². The molecular weight excluding hydrogens is 1050 g/mol. The van der Waals surface area contributed by atoms with E-state index in [1.54, 1.807) is 30.3 Å². The molecule has 6 aromatic carbocycles. The largest absolute Gasteiger partial charge is 0.494 e. The molecule has 0 saturated carbocycles. The highest BCUT2D eigenvalue weighted by atomic mass is 16.7. The third kappa shape index (κ3) is 14.3. The van der Waals surface area contributed by atoms with Gasteiger partial charge in [-0.15, -0.1) is 0 Å². The Kier molecular flexibility index (Phi) is 21.0. The minimum atomic E-state index is -0.390. The van der Waals surface area contributed by atoms with Gasteiger partial charge in [0.2, 0.25) is 0 Å². The second kappa shape index (κ2) is 27.1. The third-order valence-corrected chi connectivity index (χ3v) is 17.5. The highest BCUT2D eigenvalue weighted by Gasteiger charge is 2.52. The molecule has 1 fully saturated rings. The summed E-state index contributed by atoms with van der Waals surface area (Å²) in [5.41, 5.74) is 21.7. The summed E-state index contributed by atoms with van der Waals surface area (Å²) >= 11 is 0. The number of fused-ring (bicyclic) bond motifs is 2. The zero-order chi connectivity index (χ0) is 60.8. The van der Waals surface area contributed by atoms with Gasteiger partial charge in [-0.05, 0) is 240 Å². The molecule has 0 aromatic heterocycles. The summed E-state index contributed by atoms with van der Waals surface area (Å²) < 4.78 is 22.0. The Morgan fingerprint density at radius 2 is 1.05 bits per heavy atom. The van der Waals surface area contributed by atoms with Gasteiger partial charge in [0.15, 0.2) is 0 Å². The molecule has 438 valence electrons. The van der Waals surface area contributed by atoms with Gasteiger partial charge in [-0.25, -0.2) is 4.79 Å². The van der Waals surface area contributed by atoms with Crippen molar-refractivity contribution in [1.29, 1.82) is 10.5 Å². The van der Waals surface area contributed by atoms with Crippen LogP contribution in [0.25, 0.3) is 6.08 Å². The van der Waals surface area contributed by atoms with E-state index < -0.39 is 5.97 Å². The molecular formula is C71H83BN4O8. The van der Waals surface area contributed by atoms with Crippen LogP contribution in [0.5, 0.6) is 0 Å². The fourth-order valence-corrected chi connectivity index (χ4v) is 11.2. The summed E-state index contributed by atoms with van der Waals surface area (Å²) in [6.07, 6.45) is 4.89. The number of esters is 2. The number of amides is 2. The topological polar surface area (TPSA) is 159 Å². The molecule has 0 aliphatic carbocycles. The maximum absolute atomic E-state index is 13.7. The lowest BCUT2D eigenvalue weighted by Gasteiger charge is -2.32. The van der Waals surface area contributed by atoms with Crippen molar-refractivity contribution in [3.63, 3.8) is 0 Å². The van der Waals surface area contributed by atoms with Gasteiger partial charge in [-0.2, -0.15) is 10.5 Å². The van der Waals surface area contributed by atoms with Crippen molar-refractivity contribution < 1.29 is 38.0 Å². The summed E-state index contributed by atoms with van der Waals surface area (Å²) in [4.78, 5) is 54.4. The lowest BCUT2D eigenvalue weighted by Crippen LogP contribution is -2.41. The molecule has 0 spiro atoms. The summed E-state index contributed by atoms with van der Waals surface area (Å²) in [6.45, 7) is 31.2. The predicted molar refractivity (Wildman–Crippen MR) is 334 cm³/mol. The molecule has 0 radical (unpaired) electrons. The average Bonchev–Trinajstić information content (AvgIpc) is 2.15. The first kappa shape index (κ1) is 65.1. The van der Waals surface area contributed by atoms with Crippen molar-refractivity contribution in [2.75, 3.05) is 27.3 Å². The van der Waals surface area contributed by atoms with Crippen LogP contribution in [0.3, 0.4) is 0 Å². The van der Waals surface area contributed by atoms with Crippen LogP contribution >= 0.6 is 0 Å². The van der Waals surface area contributed by atoms with Crippen LogP contribution in [-0.4, -0.2) is 79.2 Å². The van der Waals surface area contributed by atoms with E-state index in [1.165, 1.54) is 48.1 Å². The number of hydrogen-bond acceptors (Lipinski definition) is 10. The Hall–Kier alpha value is -8.10. The number of benzene rings is 6. The predicted octanol–water partition coefficient (Wildman–Crippen LogP) is 13.1. The second-order valence-corrected chi connectivity index (χ2v) is 23.4. The number of methoxy groups -OCH3 is 2. The van der Waals surface area contributed by atoms with E-state index >= 15 is 0 Å². The quantitative estimate of drug-likeness (QED) is 0.0774.